The second-order valence-corrected chi connectivity index (χ2v) is 5.88. The Morgan fingerprint density at radius 3 is 2.68 bits per heavy atom. The van der Waals surface area contributed by atoms with Gasteiger partial charge in [0.25, 0.3) is 0 Å². The molecule has 25 heavy (non-hydrogen) atoms. The van der Waals surface area contributed by atoms with Crippen LogP contribution in [0.2, 0.25) is 0 Å². The lowest BCUT2D eigenvalue weighted by molar-refractivity contribution is -0.137. The molecular formula is C19H24N2O4. The zero-order valence-corrected chi connectivity index (χ0v) is 14.5. The fraction of sp³-hybridized carbons (Fsp3) is 0.421. The highest BCUT2D eigenvalue weighted by Crippen LogP contribution is 2.13. The molecule has 0 bridgehead atoms. The van der Waals surface area contributed by atoms with Gasteiger partial charge in [-0.05, 0) is 43.5 Å². The summed E-state index contributed by atoms with van der Waals surface area (Å²) in [4.78, 5) is 36.9. The van der Waals surface area contributed by atoms with Gasteiger partial charge in [0.1, 0.15) is 0 Å². The Hall–Kier alpha value is -2.63. The first-order valence-corrected chi connectivity index (χ1v) is 8.61. The second kappa shape index (κ2) is 9.61. The quantitative estimate of drug-likeness (QED) is 0.636. The summed E-state index contributed by atoms with van der Waals surface area (Å²) in [7, 11) is 0. The molecule has 0 unspecified atom stereocenters. The SMILES string of the molecule is CCOC(=O)/C=C/c1ccc(NC(=O)CN2CCCCCC2=O)cc1. The number of rotatable bonds is 6. The number of nitrogens with zero attached hydrogens (tertiary/aromatic N) is 1. The number of amides is 2. The summed E-state index contributed by atoms with van der Waals surface area (Å²) in [6, 6.07) is 7.10. The fourth-order valence-electron chi connectivity index (χ4n) is 2.61. The summed E-state index contributed by atoms with van der Waals surface area (Å²) >= 11 is 0. The van der Waals surface area contributed by atoms with E-state index in [2.05, 4.69) is 5.32 Å². The highest BCUT2D eigenvalue weighted by molar-refractivity contribution is 5.94. The molecule has 6 heteroatoms. The van der Waals surface area contributed by atoms with Crippen molar-refractivity contribution in [1.29, 1.82) is 0 Å². The summed E-state index contributed by atoms with van der Waals surface area (Å²) in [5.41, 5.74) is 1.48. The molecule has 2 amide bonds. The van der Waals surface area contributed by atoms with Crippen molar-refractivity contribution in [1.82, 2.24) is 4.90 Å². The molecule has 1 N–H and O–H groups in total. The van der Waals surface area contributed by atoms with E-state index in [0.29, 0.717) is 25.3 Å². The summed E-state index contributed by atoms with van der Waals surface area (Å²) < 4.78 is 4.81. The van der Waals surface area contributed by atoms with E-state index in [1.54, 1.807) is 42.2 Å². The molecule has 1 aliphatic rings. The molecule has 0 atom stereocenters. The van der Waals surface area contributed by atoms with E-state index in [0.717, 1.165) is 24.8 Å². The van der Waals surface area contributed by atoms with Crippen LogP contribution in [0.5, 0.6) is 0 Å². The molecule has 1 fully saturated rings. The molecule has 1 saturated heterocycles. The lowest BCUT2D eigenvalue weighted by atomic mass is 10.2. The van der Waals surface area contributed by atoms with Crippen molar-refractivity contribution in [2.45, 2.75) is 32.6 Å². The van der Waals surface area contributed by atoms with Crippen LogP contribution in [0.3, 0.4) is 0 Å². The predicted molar refractivity (Wildman–Crippen MR) is 95.8 cm³/mol. The van der Waals surface area contributed by atoms with Gasteiger partial charge in [-0.1, -0.05) is 18.6 Å². The van der Waals surface area contributed by atoms with Crippen molar-refractivity contribution in [3.05, 3.63) is 35.9 Å². The number of ether oxygens (including phenoxy) is 1. The van der Waals surface area contributed by atoms with E-state index in [4.69, 9.17) is 4.74 Å². The molecule has 0 spiro atoms. The van der Waals surface area contributed by atoms with Gasteiger partial charge in [-0.2, -0.15) is 0 Å². The molecule has 0 radical (unpaired) electrons. The molecule has 6 nitrogen and oxygen atoms in total. The molecule has 2 rings (SSSR count). The minimum absolute atomic E-state index is 0.0482. The van der Waals surface area contributed by atoms with E-state index in [-0.39, 0.29) is 24.3 Å². The lowest BCUT2D eigenvalue weighted by Gasteiger charge is -2.19. The first kappa shape index (κ1) is 18.7. The third-order valence-corrected chi connectivity index (χ3v) is 3.90. The van der Waals surface area contributed by atoms with E-state index in [9.17, 15) is 14.4 Å². The maximum absolute atomic E-state index is 12.1. The number of carbonyl (C=O) groups excluding carboxylic acids is 3. The van der Waals surface area contributed by atoms with Crippen molar-refractivity contribution >= 4 is 29.5 Å². The van der Waals surface area contributed by atoms with Crippen LogP contribution >= 0.6 is 0 Å². The van der Waals surface area contributed by atoms with Gasteiger partial charge in [0.2, 0.25) is 11.8 Å². The Morgan fingerprint density at radius 1 is 1.20 bits per heavy atom. The number of benzene rings is 1. The molecule has 1 heterocycles. The number of hydrogen-bond acceptors (Lipinski definition) is 4. The normalized spacial score (nSPS) is 15.1. The number of nitrogens with one attached hydrogen (secondary N) is 1. The van der Waals surface area contributed by atoms with Gasteiger partial charge >= 0.3 is 5.97 Å². The maximum Gasteiger partial charge on any atom is 0.330 e. The molecular weight excluding hydrogens is 320 g/mol. The Bertz CT molecular complexity index is 637. The van der Waals surface area contributed by atoms with Crippen LogP contribution in [0.25, 0.3) is 6.08 Å². The highest BCUT2D eigenvalue weighted by atomic mass is 16.5. The van der Waals surface area contributed by atoms with E-state index < -0.39 is 0 Å². The summed E-state index contributed by atoms with van der Waals surface area (Å²) in [6.07, 6.45) is 6.42. The Kier molecular flexibility index (Phi) is 7.19. The summed E-state index contributed by atoms with van der Waals surface area (Å²) in [6.45, 7) is 2.82. The standard InChI is InChI=1S/C19H24N2O4/c1-2-25-19(24)12-9-15-7-10-16(11-8-15)20-17(22)14-21-13-5-3-4-6-18(21)23/h7-12H,2-6,13-14H2,1H3,(H,20,22)/b12-9+. The van der Waals surface area contributed by atoms with Crippen LogP contribution < -0.4 is 5.32 Å². The lowest BCUT2D eigenvalue weighted by Crippen LogP contribution is -2.37. The van der Waals surface area contributed by atoms with Crippen LogP contribution in [0.15, 0.2) is 30.3 Å². The number of likely N-dealkylation sites (tertiary alicyclic amines) is 1. The van der Waals surface area contributed by atoms with Gasteiger partial charge in [0.15, 0.2) is 0 Å². The average molecular weight is 344 g/mol. The van der Waals surface area contributed by atoms with Gasteiger partial charge in [0.05, 0.1) is 13.2 Å². The van der Waals surface area contributed by atoms with Crippen molar-refractivity contribution in [2.75, 3.05) is 25.0 Å². The summed E-state index contributed by atoms with van der Waals surface area (Å²) in [5.74, 6) is -0.542. The molecule has 134 valence electrons. The molecule has 0 saturated carbocycles. The van der Waals surface area contributed by atoms with Crippen LogP contribution in [0.4, 0.5) is 5.69 Å². The van der Waals surface area contributed by atoms with Crippen molar-refractivity contribution in [2.24, 2.45) is 0 Å². The Labute approximate surface area is 147 Å². The van der Waals surface area contributed by atoms with Gasteiger partial charge in [-0.3, -0.25) is 9.59 Å². The number of anilines is 1. The van der Waals surface area contributed by atoms with E-state index in [1.807, 2.05) is 0 Å². The summed E-state index contributed by atoms with van der Waals surface area (Å²) in [5, 5.41) is 2.79. The van der Waals surface area contributed by atoms with Crippen LogP contribution in [-0.4, -0.2) is 42.4 Å². The molecule has 1 aromatic rings. The minimum atomic E-state index is -0.387. The Morgan fingerprint density at radius 2 is 1.96 bits per heavy atom. The smallest absolute Gasteiger partial charge is 0.330 e. The fourth-order valence-corrected chi connectivity index (χ4v) is 2.61. The largest absolute Gasteiger partial charge is 0.463 e. The topological polar surface area (TPSA) is 75.7 Å². The number of carbonyl (C=O) groups is 3. The first-order chi connectivity index (χ1) is 12.1. The molecule has 1 aliphatic heterocycles. The van der Waals surface area contributed by atoms with Gasteiger partial charge in [-0.15, -0.1) is 0 Å². The number of hydrogen-bond donors (Lipinski definition) is 1. The van der Waals surface area contributed by atoms with Crippen LogP contribution in [0, 0.1) is 0 Å². The average Bonchev–Trinajstić information content (AvgIpc) is 2.79. The molecule has 1 aromatic carbocycles. The minimum Gasteiger partial charge on any atom is -0.463 e. The first-order valence-electron chi connectivity index (χ1n) is 8.61. The van der Waals surface area contributed by atoms with Crippen LogP contribution in [0.1, 0.15) is 38.2 Å². The van der Waals surface area contributed by atoms with Crippen molar-refractivity contribution in [3.8, 4) is 0 Å². The van der Waals surface area contributed by atoms with Gasteiger partial charge < -0.3 is 15.0 Å². The zero-order valence-electron chi connectivity index (χ0n) is 14.5. The molecule has 0 aliphatic carbocycles. The van der Waals surface area contributed by atoms with Gasteiger partial charge in [0, 0.05) is 24.7 Å². The van der Waals surface area contributed by atoms with Gasteiger partial charge in [-0.25, -0.2) is 4.79 Å². The highest BCUT2D eigenvalue weighted by Gasteiger charge is 2.19. The third-order valence-electron chi connectivity index (χ3n) is 3.90. The van der Waals surface area contributed by atoms with Crippen LogP contribution in [-0.2, 0) is 19.1 Å². The van der Waals surface area contributed by atoms with E-state index >= 15 is 0 Å². The number of esters is 1. The molecule has 0 aromatic heterocycles. The monoisotopic (exact) mass is 344 g/mol. The van der Waals surface area contributed by atoms with Crippen molar-refractivity contribution in [3.63, 3.8) is 0 Å². The third kappa shape index (κ3) is 6.41. The second-order valence-electron chi connectivity index (χ2n) is 5.88. The maximum atomic E-state index is 12.1. The van der Waals surface area contributed by atoms with E-state index in [1.165, 1.54) is 6.08 Å². The van der Waals surface area contributed by atoms with Crippen molar-refractivity contribution < 1.29 is 19.1 Å². The zero-order chi connectivity index (χ0) is 18.1. The Balaban J connectivity index is 1.86. The predicted octanol–water partition coefficient (Wildman–Crippen LogP) is 2.60.